The smallest absolute Gasteiger partial charge is 0.254 e. The fourth-order valence-corrected chi connectivity index (χ4v) is 2.43. The zero-order valence-electron chi connectivity index (χ0n) is 11.6. The highest BCUT2D eigenvalue weighted by atomic mass is 19.1. The van der Waals surface area contributed by atoms with E-state index in [9.17, 15) is 9.18 Å². The molecule has 104 valence electrons. The third kappa shape index (κ3) is 3.53. The Balaban J connectivity index is 2.06. The van der Waals surface area contributed by atoms with Gasteiger partial charge in [-0.05, 0) is 45.7 Å². The van der Waals surface area contributed by atoms with E-state index in [1.54, 1.807) is 12.1 Å². The first kappa shape index (κ1) is 14.0. The van der Waals surface area contributed by atoms with Crippen LogP contribution in [0.4, 0.5) is 4.39 Å². The Labute approximate surface area is 113 Å². The summed E-state index contributed by atoms with van der Waals surface area (Å²) < 4.78 is 19.2. The van der Waals surface area contributed by atoms with Crippen molar-refractivity contribution < 1.29 is 13.9 Å². The molecule has 1 aliphatic rings. The second-order valence-electron chi connectivity index (χ2n) is 5.75. The fourth-order valence-electron chi connectivity index (χ4n) is 2.43. The highest BCUT2D eigenvalue weighted by molar-refractivity contribution is 5.94. The Bertz CT molecular complexity index is 485. The zero-order chi connectivity index (χ0) is 14.0. The Hall–Kier alpha value is -1.42. The molecule has 0 aromatic heterocycles. The number of hydrogen-bond donors (Lipinski definition) is 1. The van der Waals surface area contributed by atoms with Crippen molar-refractivity contribution in [1.29, 1.82) is 0 Å². The van der Waals surface area contributed by atoms with Crippen molar-refractivity contribution in [2.24, 2.45) is 0 Å². The molecule has 1 aliphatic heterocycles. The molecule has 1 N–H and O–H groups in total. The van der Waals surface area contributed by atoms with Crippen LogP contribution in [0.1, 0.15) is 42.6 Å². The minimum Gasteiger partial charge on any atom is -0.375 e. The number of benzene rings is 1. The van der Waals surface area contributed by atoms with Gasteiger partial charge >= 0.3 is 0 Å². The fraction of sp³-hybridized carbons (Fsp3) is 0.533. The lowest BCUT2D eigenvalue weighted by Gasteiger charge is -2.35. The number of halogens is 1. The lowest BCUT2D eigenvalue weighted by molar-refractivity contribution is -0.0615. The third-order valence-electron chi connectivity index (χ3n) is 3.40. The van der Waals surface area contributed by atoms with Gasteiger partial charge in [-0.3, -0.25) is 4.79 Å². The van der Waals surface area contributed by atoms with Gasteiger partial charge in [0.15, 0.2) is 0 Å². The van der Waals surface area contributed by atoms with Crippen molar-refractivity contribution in [2.45, 2.75) is 45.3 Å². The van der Waals surface area contributed by atoms with E-state index in [2.05, 4.69) is 5.32 Å². The maximum atomic E-state index is 13.6. The zero-order valence-corrected chi connectivity index (χ0v) is 11.6. The van der Waals surface area contributed by atoms with Gasteiger partial charge in [-0.25, -0.2) is 4.39 Å². The molecule has 1 aromatic rings. The highest BCUT2D eigenvalue weighted by Gasteiger charge is 2.30. The second kappa shape index (κ2) is 5.29. The van der Waals surface area contributed by atoms with Crippen LogP contribution in [0.5, 0.6) is 0 Å². The Kier molecular flexibility index (Phi) is 3.90. The molecule has 0 spiro atoms. The average Bonchev–Trinajstić information content (AvgIpc) is 2.31. The van der Waals surface area contributed by atoms with Gasteiger partial charge in [-0.2, -0.15) is 0 Å². The molecule has 0 radical (unpaired) electrons. The van der Waals surface area contributed by atoms with Crippen LogP contribution in [0.2, 0.25) is 0 Å². The molecule has 0 aliphatic carbocycles. The van der Waals surface area contributed by atoms with Crippen LogP contribution in [0.25, 0.3) is 0 Å². The molecule has 4 heteroatoms. The van der Waals surface area contributed by atoms with E-state index in [-0.39, 0.29) is 23.1 Å². The summed E-state index contributed by atoms with van der Waals surface area (Å²) in [4.78, 5) is 12.1. The van der Waals surface area contributed by atoms with Crippen molar-refractivity contribution in [3.05, 3.63) is 35.1 Å². The van der Waals surface area contributed by atoms with Gasteiger partial charge in [0.05, 0.1) is 11.2 Å². The topological polar surface area (TPSA) is 38.3 Å². The number of amides is 1. The molecule has 1 amide bonds. The highest BCUT2D eigenvalue weighted by Crippen LogP contribution is 2.24. The van der Waals surface area contributed by atoms with Crippen LogP contribution in [0.3, 0.4) is 0 Å². The standard InChI is InChI=1S/C15H20FNO2/c1-10-4-5-13(16)12(8-10)14(18)17-11-6-7-19-15(2,3)9-11/h4-5,8,11H,6-7,9H2,1-3H3,(H,17,18). The summed E-state index contributed by atoms with van der Waals surface area (Å²) in [6, 6.07) is 4.60. The second-order valence-corrected chi connectivity index (χ2v) is 5.75. The maximum Gasteiger partial charge on any atom is 0.254 e. The molecule has 1 aromatic carbocycles. The van der Waals surface area contributed by atoms with E-state index in [1.807, 2.05) is 20.8 Å². The van der Waals surface area contributed by atoms with Crippen molar-refractivity contribution in [2.75, 3.05) is 6.61 Å². The number of carbonyl (C=O) groups is 1. The van der Waals surface area contributed by atoms with Gasteiger partial charge in [0, 0.05) is 12.6 Å². The SMILES string of the molecule is Cc1ccc(F)c(C(=O)NC2CCOC(C)(C)C2)c1. The lowest BCUT2D eigenvalue weighted by atomic mass is 9.93. The number of aryl methyl sites for hydroxylation is 1. The molecule has 1 heterocycles. The van der Waals surface area contributed by atoms with E-state index < -0.39 is 5.82 Å². The van der Waals surface area contributed by atoms with Crippen molar-refractivity contribution in [3.8, 4) is 0 Å². The van der Waals surface area contributed by atoms with Crippen LogP contribution in [0, 0.1) is 12.7 Å². The molecule has 1 unspecified atom stereocenters. The van der Waals surface area contributed by atoms with E-state index >= 15 is 0 Å². The normalized spacial score (nSPS) is 22.0. The van der Waals surface area contributed by atoms with E-state index in [0.29, 0.717) is 6.61 Å². The molecular weight excluding hydrogens is 245 g/mol. The molecular formula is C15H20FNO2. The quantitative estimate of drug-likeness (QED) is 0.893. The summed E-state index contributed by atoms with van der Waals surface area (Å²) in [6.07, 6.45) is 1.51. The first-order valence-corrected chi connectivity index (χ1v) is 6.58. The van der Waals surface area contributed by atoms with Crippen molar-refractivity contribution >= 4 is 5.91 Å². The molecule has 1 saturated heterocycles. The van der Waals surface area contributed by atoms with E-state index in [0.717, 1.165) is 18.4 Å². The van der Waals surface area contributed by atoms with E-state index in [1.165, 1.54) is 6.07 Å². The van der Waals surface area contributed by atoms with Gasteiger partial charge in [0.1, 0.15) is 5.82 Å². The van der Waals surface area contributed by atoms with Crippen LogP contribution in [0.15, 0.2) is 18.2 Å². The van der Waals surface area contributed by atoms with Crippen LogP contribution in [-0.4, -0.2) is 24.2 Å². The summed E-state index contributed by atoms with van der Waals surface area (Å²) in [7, 11) is 0. The summed E-state index contributed by atoms with van der Waals surface area (Å²) in [5, 5.41) is 2.90. The van der Waals surface area contributed by atoms with Gasteiger partial charge in [0.2, 0.25) is 0 Å². The predicted octanol–water partition coefficient (Wildman–Crippen LogP) is 2.82. The Morgan fingerprint density at radius 2 is 2.21 bits per heavy atom. The van der Waals surface area contributed by atoms with Crippen LogP contribution in [-0.2, 0) is 4.74 Å². The van der Waals surface area contributed by atoms with Gasteiger partial charge in [0.25, 0.3) is 5.91 Å². The minimum atomic E-state index is -0.477. The number of ether oxygens (including phenoxy) is 1. The number of carbonyl (C=O) groups excluding carboxylic acids is 1. The largest absolute Gasteiger partial charge is 0.375 e. The molecule has 1 atom stereocenters. The Morgan fingerprint density at radius 1 is 1.47 bits per heavy atom. The first-order chi connectivity index (χ1) is 8.87. The summed E-state index contributed by atoms with van der Waals surface area (Å²) >= 11 is 0. The van der Waals surface area contributed by atoms with Gasteiger partial charge in [-0.1, -0.05) is 11.6 Å². The molecule has 2 rings (SSSR count). The maximum absolute atomic E-state index is 13.6. The molecule has 19 heavy (non-hydrogen) atoms. The monoisotopic (exact) mass is 265 g/mol. The number of hydrogen-bond acceptors (Lipinski definition) is 2. The molecule has 0 bridgehead atoms. The van der Waals surface area contributed by atoms with Gasteiger partial charge in [-0.15, -0.1) is 0 Å². The predicted molar refractivity (Wildman–Crippen MR) is 71.7 cm³/mol. The third-order valence-corrected chi connectivity index (χ3v) is 3.40. The van der Waals surface area contributed by atoms with Crippen LogP contribution < -0.4 is 5.32 Å². The van der Waals surface area contributed by atoms with Crippen molar-refractivity contribution in [3.63, 3.8) is 0 Å². The summed E-state index contributed by atoms with van der Waals surface area (Å²) in [5.74, 6) is -0.821. The first-order valence-electron chi connectivity index (χ1n) is 6.58. The number of rotatable bonds is 2. The minimum absolute atomic E-state index is 0.0381. The van der Waals surface area contributed by atoms with Crippen LogP contribution >= 0.6 is 0 Å². The molecule has 0 saturated carbocycles. The summed E-state index contributed by atoms with van der Waals surface area (Å²) in [5.41, 5.74) is 0.754. The summed E-state index contributed by atoms with van der Waals surface area (Å²) in [6.45, 7) is 6.46. The number of nitrogens with one attached hydrogen (secondary N) is 1. The van der Waals surface area contributed by atoms with E-state index in [4.69, 9.17) is 4.74 Å². The van der Waals surface area contributed by atoms with Crippen molar-refractivity contribution in [1.82, 2.24) is 5.32 Å². The lowest BCUT2D eigenvalue weighted by Crippen LogP contribution is -2.46. The Morgan fingerprint density at radius 3 is 2.89 bits per heavy atom. The molecule has 3 nitrogen and oxygen atoms in total. The van der Waals surface area contributed by atoms with Gasteiger partial charge < -0.3 is 10.1 Å². The average molecular weight is 265 g/mol. The molecule has 1 fully saturated rings.